The second kappa shape index (κ2) is 5.01. The van der Waals surface area contributed by atoms with Gasteiger partial charge < -0.3 is 11.1 Å². The van der Waals surface area contributed by atoms with E-state index in [1.807, 2.05) is 0 Å². The van der Waals surface area contributed by atoms with E-state index in [0.29, 0.717) is 6.54 Å². The van der Waals surface area contributed by atoms with Gasteiger partial charge in [-0.15, -0.1) is 0 Å². The fraction of sp³-hybridized carbons (Fsp3) is 0.800. The van der Waals surface area contributed by atoms with Crippen molar-refractivity contribution in [3.05, 3.63) is 0 Å². The van der Waals surface area contributed by atoms with Crippen molar-refractivity contribution in [2.75, 3.05) is 13.7 Å². The predicted octanol–water partition coefficient (Wildman–Crippen LogP) is -0.379. The summed E-state index contributed by atoms with van der Waals surface area (Å²) >= 11 is 0. The van der Waals surface area contributed by atoms with Crippen molar-refractivity contribution in [3.63, 3.8) is 0 Å². The molecule has 0 aliphatic heterocycles. The van der Waals surface area contributed by atoms with Crippen molar-refractivity contribution in [1.29, 1.82) is 0 Å². The zero-order valence-corrected chi connectivity index (χ0v) is 6.09. The van der Waals surface area contributed by atoms with E-state index in [9.17, 15) is 4.79 Å². The second-order valence-corrected chi connectivity index (χ2v) is 1.82. The van der Waals surface area contributed by atoms with E-state index in [4.69, 9.17) is 5.73 Å². The number of nitrogens with one attached hydrogen (secondary N) is 1. The number of hydrogen-bond donors (Lipinski definition) is 2. The van der Waals surface area contributed by atoms with Gasteiger partial charge in [0.2, 0.25) is 0 Å². The van der Waals surface area contributed by atoms with Crippen LogP contribution in [0.4, 0.5) is 4.79 Å². The molecule has 0 aromatic rings. The standard InChI is InChI=1S/C5H12N2O3/c1-4(3-6)7-5(8)10-9-2/h4H,3,6H2,1-2H3,(H,7,8)/t4-/m0/s1. The molecular weight excluding hydrogens is 136 g/mol. The van der Waals surface area contributed by atoms with E-state index in [-0.39, 0.29) is 6.04 Å². The van der Waals surface area contributed by atoms with Crippen LogP contribution in [-0.4, -0.2) is 25.8 Å². The van der Waals surface area contributed by atoms with Crippen LogP contribution in [-0.2, 0) is 9.78 Å². The van der Waals surface area contributed by atoms with E-state index in [2.05, 4.69) is 15.1 Å². The Hall–Kier alpha value is -0.810. The molecule has 0 aliphatic rings. The third-order valence-electron chi connectivity index (χ3n) is 0.877. The number of carbonyl (C=O) groups is 1. The Balaban J connectivity index is 3.37. The molecule has 3 N–H and O–H groups in total. The van der Waals surface area contributed by atoms with Crippen LogP contribution >= 0.6 is 0 Å². The van der Waals surface area contributed by atoms with Crippen molar-refractivity contribution < 1.29 is 14.6 Å². The van der Waals surface area contributed by atoms with Gasteiger partial charge in [0.25, 0.3) is 0 Å². The van der Waals surface area contributed by atoms with Gasteiger partial charge in [0.05, 0.1) is 7.11 Å². The molecule has 1 amide bonds. The summed E-state index contributed by atoms with van der Waals surface area (Å²) in [7, 11) is 1.26. The van der Waals surface area contributed by atoms with E-state index in [1.165, 1.54) is 7.11 Å². The summed E-state index contributed by atoms with van der Waals surface area (Å²) < 4.78 is 0. The van der Waals surface area contributed by atoms with Crippen LogP contribution in [0.1, 0.15) is 6.92 Å². The van der Waals surface area contributed by atoms with Gasteiger partial charge in [0, 0.05) is 12.6 Å². The van der Waals surface area contributed by atoms with Gasteiger partial charge in [-0.3, -0.25) is 4.89 Å². The molecule has 0 aromatic heterocycles. The first kappa shape index (κ1) is 9.19. The highest BCUT2D eigenvalue weighted by molar-refractivity contribution is 5.66. The largest absolute Gasteiger partial charge is 0.438 e. The van der Waals surface area contributed by atoms with Crippen LogP contribution in [0.2, 0.25) is 0 Å². The zero-order chi connectivity index (χ0) is 7.98. The number of hydrogen-bond acceptors (Lipinski definition) is 4. The number of amides is 1. The highest BCUT2D eigenvalue weighted by atomic mass is 17.2. The van der Waals surface area contributed by atoms with Gasteiger partial charge in [-0.25, -0.2) is 4.79 Å². The molecule has 0 fully saturated rings. The van der Waals surface area contributed by atoms with Crippen molar-refractivity contribution in [2.45, 2.75) is 13.0 Å². The molecule has 0 aliphatic carbocycles. The smallest absolute Gasteiger partial charge is 0.328 e. The summed E-state index contributed by atoms with van der Waals surface area (Å²) in [6.45, 7) is 2.13. The van der Waals surface area contributed by atoms with E-state index in [0.717, 1.165) is 0 Å². The molecule has 10 heavy (non-hydrogen) atoms. The fourth-order valence-electron chi connectivity index (χ4n) is 0.360. The van der Waals surface area contributed by atoms with Crippen molar-refractivity contribution in [1.82, 2.24) is 5.32 Å². The summed E-state index contributed by atoms with van der Waals surface area (Å²) in [5, 5.41) is 2.42. The minimum atomic E-state index is -0.625. The summed E-state index contributed by atoms with van der Waals surface area (Å²) in [5.74, 6) is 0. The maximum absolute atomic E-state index is 10.5. The Morgan fingerprint density at radius 2 is 2.40 bits per heavy atom. The highest BCUT2D eigenvalue weighted by Gasteiger charge is 2.05. The van der Waals surface area contributed by atoms with Gasteiger partial charge in [0.1, 0.15) is 0 Å². The topological polar surface area (TPSA) is 73.6 Å². The maximum Gasteiger partial charge on any atom is 0.438 e. The molecular formula is C5H12N2O3. The molecule has 0 heterocycles. The van der Waals surface area contributed by atoms with Crippen LogP contribution in [0.3, 0.4) is 0 Å². The molecule has 0 rings (SSSR count). The molecule has 0 bridgehead atoms. The number of rotatable bonds is 3. The average molecular weight is 148 g/mol. The van der Waals surface area contributed by atoms with Crippen LogP contribution in [0.15, 0.2) is 0 Å². The van der Waals surface area contributed by atoms with Crippen LogP contribution < -0.4 is 11.1 Å². The highest BCUT2D eigenvalue weighted by Crippen LogP contribution is 1.80. The lowest BCUT2D eigenvalue weighted by atomic mass is 10.3. The molecule has 5 nitrogen and oxygen atoms in total. The summed E-state index contributed by atoms with van der Waals surface area (Å²) in [5.41, 5.74) is 5.21. The van der Waals surface area contributed by atoms with Gasteiger partial charge in [0.15, 0.2) is 0 Å². The van der Waals surface area contributed by atoms with Crippen molar-refractivity contribution in [3.8, 4) is 0 Å². The van der Waals surface area contributed by atoms with Crippen molar-refractivity contribution in [2.24, 2.45) is 5.73 Å². The maximum atomic E-state index is 10.5. The monoisotopic (exact) mass is 148 g/mol. The molecule has 0 saturated heterocycles. The molecule has 5 heteroatoms. The van der Waals surface area contributed by atoms with Crippen LogP contribution in [0.5, 0.6) is 0 Å². The number of carbonyl (C=O) groups excluding carboxylic acids is 1. The minimum absolute atomic E-state index is 0.0948. The first-order valence-corrected chi connectivity index (χ1v) is 2.92. The Kier molecular flexibility index (Phi) is 4.61. The Morgan fingerprint density at radius 3 is 2.80 bits per heavy atom. The van der Waals surface area contributed by atoms with Gasteiger partial charge >= 0.3 is 6.09 Å². The van der Waals surface area contributed by atoms with Gasteiger partial charge in [-0.05, 0) is 6.92 Å². The molecule has 0 radical (unpaired) electrons. The third kappa shape index (κ3) is 4.11. The molecule has 60 valence electrons. The van der Waals surface area contributed by atoms with E-state index < -0.39 is 6.09 Å². The minimum Gasteiger partial charge on any atom is -0.328 e. The second-order valence-electron chi connectivity index (χ2n) is 1.82. The molecule has 1 atom stereocenters. The first-order chi connectivity index (χ1) is 4.70. The lowest BCUT2D eigenvalue weighted by Gasteiger charge is -2.08. The Bertz CT molecular complexity index is 107. The zero-order valence-electron chi connectivity index (χ0n) is 6.09. The average Bonchev–Trinajstić information content (AvgIpc) is 1.88. The van der Waals surface area contributed by atoms with Crippen molar-refractivity contribution >= 4 is 6.09 Å². The van der Waals surface area contributed by atoms with Gasteiger partial charge in [-0.1, -0.05) is 0 Å². The summed E-state index contributed by atoms with van der Waals surface area (Å²) in [4.78, 5) is 18.7. The number of nitrogens with two attached hydrogens (primary N) is 1. The molecule has 0 aromatic carbocycles. The lowest BCUT2D eigenvalue weighted by Crippen LogP contribution is -2.37. The Morgan fingerprint density at radius 1 is 1.80 bits per heavy atom. The fourth-order valence-corrected chi connectivity index (χ4v) is 0.360. The molecule has 0 unspecified atom stereocenters. The predicted molar refractivity (Wildman–Crippen MR) is 35.1 cm³/mol. The summed E-state index contributed by atoms with van der Waals surface area (Å²) in [6.07, 6.45) is -0.625. The Labute approximate surface area is 59.4 Å². The van der Waals surface area contributed by atoms with E-state index >= 15 is 0 Å². The normalized spacial score (nSPS) is 12.3. The van der Waals surface area contributed by atoms with Crippen LogP contribution in [0, 0.1) is 0 Å². The van der Waals surface area contributed by atoms with E-state index in [1.54, 1.807) is 6.92 Å². The quantitative estimate of drug-likeness (QED) is 0.422. The third-order valence-corrected chi connectivity index (χ3v) is 0.877. The molecule has 0 saturated carbocycles. The summed E-state index contributed by atoms with van der Waals surface area (Å²) in [6, 6.07) is -0.0948. The first-order valence-electron chi connectivity index (χ1n) is 2.92. The lowest BCUT2D eigenvalue weighted by molar-refractivity contribution is -0.213. The SMILES string of the molecule is COOC(=O)N[C@@H](C)CN. The molecule has 0 spiro atoms. The van der Waals surface area contributed by atoms with Gasteiger partial charge in [-0.2, -0.15) is 4.89 Å². The van der Waals surface area contributed by atoms with Crippen LogP contribution in [0.25, 0.3) is 0 Å².